The van der Waals surface area contributed by atoms with Gasteiger partial charge in [0, 0.05) is 13.5 Å². The average molecular weight is 329 g/mol. The van der Waals surface area contributed by atoms with Gasteiger partial charge in [-0.05, 0) is 53.4 Å². The number of aryl methyl sites for hydroxylation is 2. The summed E-state index contributed by atoms with van der Waals surface area (Å²) in [4.78, 5) is 0. The Morgan fingerprint density at radius 1 is 1.47 bits per heavy atom. The molecule has 1 aromatic heterocycles. The Hall–Kier alpha value is -0.350. The van der Waals surface area contributed by atoms with Gasteiger partial charge in [0.15, 0.2) is 0 Å². The Kier molecular flexibility index (Phi) is 4.41. The Balaban J connectivity index is 2.23. The minimum atomic E-state index is -0.576. The lowest BCUT2D eigenvalue weighted by Crippen LogP contribution is -2.43. The third-order valence-electron chi connectivity index (χ3n) is 4.72. The molecule has 0 aromatic carbocycles. The zero-order chi connectivity index (χ0) is 14.2. The van der Waals surface area contributed by atoms with Crippen molar-refractivity contribution in [2.45, 2.75) is 58.5 Å². The van der Waals surface area contributed by atoms with E-state index in [9.17, 15) is 5.11 Å². The first-order valence-electron chi connectivity index (χ1n) is 7.30. The van der Waals surface area contributed by atoms with Crippen molar-refractivity contribution in [3.8, 4) is 0 Å². The summed E-state index contributed by atoms with van der Waals surface area (Å²) in [5.74, 6) is 1.08. The summed E-state index contributed by atoms with van der Waals surface area (Å²) in [5.41, 5.74) is 1.63. The van der Waals surface area contributed by atoms with E-state index < -0.39 is 5.60 Å². The molecule has 3 nitrogen and oxygen atoms in total. The third kappa shape index (κ3) is 2.89. The highest BCUT2D eigenvalue weighted by Crippen LogP contribution is 2.40. The molecule has 1 heterocycles. The van der Waals surface area contributed by atoms with E-state index in [2.05, 4.69) is 41.8 Å². The van der Waals surface area contributed by atoms with Gasteiger partial charge in [-0.3, -0.25) is 4.68 Å². The van der Waals surface area contributed by atoms with Crippen LogP contribution >= 0.6 is 15.9 Å². The molecule has 1 aromatic rings. The molecule has 0 amide bonds. The second-order valence-electron chi connectivity index (χ2n) is 6.25. The molecule has 1 aliphatic carbocycles. The summed E-state index contributed by atoms with van der Waals surface area (Å²) in [6.45, 7) is 6.57. The van der Waals surface area contributed by atoms with Gasteiger partial charge in [-0.1, -0.05) is 20.8 Å². The fourth-order valence-corrected chi connectivity index (χ4v) is 4.00. The molecule has 0 radical (unpaired) electrons. The molecule has 4 heteroatoms. The van der Waals surface area contributed by atoms with Gasteiger partial charge in [-0.15, -0.1) is 0 Å². The smallest absolute Gasteiger partial charge is 0.0766 e. The van der Waals surface area contributed by atoms with Crippen molar-refractivity contribution < 1.29 is 5.11 Å². The Bertz CT molecular complexity index is 457. The fraction of sp³-hybridized carbons (Fsp3) is 0.800. The summed E-state index contributed by atoms with van der Waals surface area (Å²) in [6.07, 6.45) is 4.75. The molecule has 2 rings (SSSR count). The van der Waals surface area contributed by atoms with Gasteiger partial charge in [0.1, 0.15) is 0 Å². The van der Waals surface area contributed by atoms with E-state index in [1.165, 1.54) is 0 Å². The first-order valence-corrected chi connectivity index (χ1v) is 8.09. The topological polar surface area (TPSA) is 38.0 Å². The highest BCUT2D eigenvalue weighted by atomic mass is 79.9. The highest BCUT2D eigenvalue weighted by Gasteiger charge is 2.39. The van der Waals surface area contributed by atoms with Crippen LogP contribution in [0, 0.1) is 11.8 Å². The molecule has 3 unspecified atom stereocenters. The first kappa shape index (κ1) is 15.0. The van der Waals surface area contributed by atoms with Crippen molar-refractivity contribution in [3.05, 3.63) is 15.9 Å². The SMILES string of the molecule is CCc1nn(C)c(CC2(O)CCC(C)CC2C)c1Br. The van der Waals surface area contributed by atoms with Gasteiger partial charge in [0.2, 0.25) is 0 Å². The van der Waals surface area contributed by atoms with E-state index in [0.29, 0.717) is 12.3 Å². The zero-order valence-electron chi connectivity index (χ0n) is 12.4. The van der Waals surface area contributed by atoms with Crippen molar-refractivity contribution in [2.75, 3.05) is 0 Å². The molecule has 1 saturated carbocycles. The van der Waals surface area contributed by atoms with Crippen LogP contribution in [0.5, 0.6) is 0 Å². The van der Waals surface area contributed by atoms with E-state index in [1.807, 2.05) is 11.7 Å². The van der Waals surface area contributed by atoms with Crippen LogP contribution in [0.3, 0.4) is 0 Å². The second-order valence-corrected chi connectivity index (χ2v) is 7.04. The molecular weight excluding hydrogens is 304 g/mol. The third-order valence-corrected chi connectivity index (χ3v) is 5.64. The first-order chi connectivity index (χ1) is 8.87. The van der Waals surface area contributed by atoms with Crippen LogP contribution in [0.1, 0.15) is 51.4 Å². The molecule has 108 valence electrons. The second kappa shape index (κ2) is 5.57. The van der Waals surface area contributed by atoms with Crippen molar-refractivity contribution in [1.82, 2.24) is 9.78 Å². The van der Waals surface area contributed by atoms with Crippen molar-refractivity contribution >= 4 is 15.9 Å². The van der Waals surface area contributed by atoms with E-state index in [1.54, 1.807) is 0 Å². The minimum Gasteiger partial charge on any atom is -0.389 e. The molecule has 1 fully saturated rings. The number of halogens is 1. The van der Waals surface area contributed by atoms with Crippen LogP contribution in [0.4, 0.5) is 0 Å². The summed E-state index contributed by atoms with van der Waals surface area (Å²) >= 11 is 3.65. The quantitative estimate of drug-likeness (QED) is 0.922. The van der Waals surface area contributed by atoms with Crippen LogP contribution in [0.15, 0.2) is 4.47 Å². The summed E-state index contributed by atoms with van der Waals surface area (Å²) in [7, 11) is 1.97. The van der Waals surface area contributed by atoms with Gasteiger partial charge < -0.3 is 5.11 Å². The monoisotopic (exact) mass is 328 g/mol. The number of hydrogen-bond acceptors (Lipinski definition) is 2. The molecule has 1 aliphatic rings. The molecule has 1 N–H and O–H groups in total. The lowest BCUT2D eigenvalue weighted by Gasteiger charge is -2.40. The van der Waals surface area contributed by atoms with Gasteiger partial charge >= 0.3 is 0 Å². The minimum absolute atomic E-state index is 0.350. The van der Waals surface area contributed by atoms with E-state index in [-0.39, 0.29) is 0 Å². The summed E-state index contributed by atoms with van der Waals surface area (Å²) < 4.78 is 3.00. The molecular formula is C15H25BrN2O. The van der Waals surface area contributed by atoms with Crippen LogP contribution in [0.25, 0.3) is 0 Å². The van der Waals surface area contributed by atoms with Crippen LogP contribution < -0.4 is 0 Å². The van der Waals surface area contributed by atoms with Crippen molar-refractivity contribution in [1.29, 1.82) is 0 Å². The normalized spacial score (nSPS) is 31.7. The lowest BCUT2D eigenvalue weighted by atomic mass is 9.70. The number of aliphatic hydroxyl groups is 1. The number of hydrogen-bond donors (Lipinski definition) is 1. The molecule has 19 heavy (non-hydrogen) atoms. The van der Waals surface area contributed by atoms with Gasteiger partial charge in [-0.2, -0.15) is 5.10 Å². The maximum Gasteiger partial charge on any atom is 0.0766 e. The molecule has 0 saturated heterocycles. The maximum absolute atomic E-state index is 11.0. The molecule has 3 atom stereocenters. The van der Waals surface area contributed by atoms with Gasteiger partial charge in [0.05, 0.1) is 21.5 Å². The average Bonchev–Trinajstić information content (AvgIpc) is 2.62. The van der Waals surface area contributed by atoms with Crippen LogP contribution in [-0.4, -0.2) is 20.5 Å². The molecule has 0 aliphatic heterocycles. The standard InChI is InChI=1S/C15H25BrN2O/c1-5-12-14(16)13(18(4)17-12)9-15(19)7-6-10(2)8-11(15)3/h10-11,19H,5-9H2,1-4H3. The van der Waals surface area contributed by atoms with E-state index in [4.69, 9.17) is 0 Å². The molecule has 0 spiro atoms. The van der Waals surface area contributed by atoms with Crippen LogP contribution in [0.2, 0.25) is 0 Å². The lowest BCUT2D eigenvalue weighted by molar-refractivity contribution is -0.0535. The summed E-state index contributed by atoms with van der Waals surface area (Å²) in [5, 5.41) is 15.5. The number of aromatic nitrogens is 2. The Labute approximate surface area is 124 Å². The predicted molar refractivity (Wildman–Crippen MR) is 81.1 cm³/mol. The maximum atomic E-state index is 11.0. The predicted octanol–water partition coefficient (Wildman–Crippen LogP) is 3.47. The zero-order valence-corrected chi connectivity index (χ0v) is 14.0. The largest absolute Gasteiger partial charge is 0.389 e. The Morgan fingerprint density at radius 2 is 2.16 bits per heavy atom. The van der Waals surface area contributed by atoms with Gasteiger partial charge in [-0.25, -0.2) is 0 Å². The van der Waals surface area contributed by atoms with Crippen molar-refractivity contribution in [3.63, 3.8) is 0 Å². The van der Waals surface area contributed by atoms with E-state index in [0.717, 1.165) is 47.5 Å². The Morgan fingerprint density at radius 3 is 2.68 bits per heavy atom. The molecule has 0 bridgehead atoms. The van der Waals surface area contributed by atoms with Crippen molar-refractivity contribution in [2.24, 2.45) is 18.9 Å². The van der Waals surface area contributed by atoms with Crippen LogP contribution in [-0.2, 0) is 19.9 Å². The highest BCUT2D eigenvalue weighted by molar-refractivity contribution is 9.10. The van der Waals surface area contributed by atoms with Gasteiger partial charge in [0.25, 0.3) is 0 Å². The fourth-order valence-electron chi connectivity index (χ4n) is 3.25. The van der Waals surface area contributed by atoms with E-state index >= 15 is 0 Å². The number of rotatable bonds is 3. The number of nitrogens with zero attached hydrogens (tertiary/aromatic N) is 2. The summed E-state index contributed by atoms with van der Waals surface area (Å²) in [6, 6.07) is 0.